The van der Waals surface area contributed by atoms with Crippen molar-refractivity contribution in [2.45, 2.75) is 75.5 Å². The number of rotatable bonds is 16. The molecule has 202 valence electrons. The second kappa shape index (κ2) is 14.4. The lowest BCUT2D eigenvalue weighted by Gasteiger charge is -2.40. The van der Waals surface area contributed by atoms with Gasteiger partial charge in [-0.25, -0.2) is 10.1 Å². The van der Waals surface area contributed by atoms with Crippen LogP contribution in [0.3, 0.4) is 0 Å². The van der Waals surface area contributed by atoms with Gasteiger partial charge in [0.15, 0.2) is 0 Å². The van der Waals surface area contributed by atoms with Gasteiger partial charge in [-0.2, -0.15) is 0 Å². The molecule has 1 aliphatic heterocycles. The van der Waals surface area contributed by atoms with Crippen molar-refractivity contribution in [1.29, 1.82) is 0 Å². The van der Waals surface area contributed by atoms with Crippen LogP contribution in [0.25, 0.3) is 0 Å². The van der Waals surface area contributed by atoms with Crippen LogP contribution in [0, 0.1) is 11.8 Å². The summed E-state index contributed by atoms with van der Waals surface area (Å²) in [6.07, 6.45) is -2.05. The Bertz CT molecular complexity index is 726. The summed E-state index contributed by atoms with van der Waals surface area (Å²) in [6.45, 7) is 0.762. The third-order valence-electron chi connectivity index (χ3n) is 6.31. The summed E-state index contributed by atoms with van der Waals surface area (Å²) in [6, 6.07) is 0. The molecule has 16 nitrogen and oxygen atoms in total. The standard InChI is InChI=1S/C19H33N3O13/c23-8-16-18(26)19(27)17(25)15(31-16)3-1-2-4-29-10-12-6-22(21-20-12)7-13-11(5-14(13)24)9-30-33-35-34-32-28/h6,11,13-19,23-28H,1-5,7-10H2. The average molecular weight is 511 g/mol. The molecule has 2 fully saturated rings. The number of hydrogen-bond donors (Lipinski definition) is 6. The summed E-state index contributed by atoms with van der Waals surface area (Å²) in [4.78, 5) is 4.74. The molecule has 1 saturated heterocycles. The van der Waals surface area contributed by atoms with Crippen molar-refractivity contribution in [3.63, 3.8) is 0 Å². The number of ether oxygens (including phenoxy) is 2. The third-order valence-corrected chi connectivity index (χ3v) is 6.31. The lowest BCUT2D eigenvalue weighted by atomic mass is 9.71. The minimum absolute atomic E-state index is 0.0174. The number of nitrogens with zero attached hydrogens (tertiary/aromatic N) is 3. The van der Waals surface area contributed by atoms with Gasteiger partial charge in [-0.3, -0.25) is 4.68 Å². The van der Waals surface area contributed by atoms with E-state index in [9.17, 15) is 25.5 Å². The van der Waals surface area contributed by atoms with Gasteiger partial charge in [0.2, 0.25) is 0 Å². The molecule has 0 radical (unpaired) electrons. The van der Waals surface area contributed by atoms with Gasteiger partial charge in [0, 0.05) is 19.1 Å². The molecule has 1 aliphatic carbocycles. The number of hydrogen-bond acceptors (Lipinski definition) is 15. The highest BCUT2D eigenvalue weighted by atomic mass is 17.8. The molecule has 1 aromatic heterocycles. The van der Waals surface area contributed by atoms with Crippen LogP contribution in [0.2, 0.25) is 0 Å². The Morgan fingerprint density at radius 1 is 1.03 bits per heavy atom. The maximum atomic E-state index is 10.0. The van der Waals surface area contributed by atoms with Crippen molar-refractivity contribution >= 4 is 0 Å². The summed E-state index contributed by atoms with van der Waals surface area (Å²) in [5, 5.41) is 79.7. The quantitative estimate of drug-likeness (QED) is 0.0805. The monoisotopic (exact) mass is 511 g/mol. The molecule has 2 heterocycles. The van der Waals surface area contributed by atoms with Crippen LogP contribution in [0.15, 0.2) is 6.20 Å². The zero-order valence-corrected chi connectivity index (χ0v) is 18.9. The van der Waals surface area contributed by atoms with Crippen LogP contribution in [0.5, 0.6) is 0 Å². The Labute approximate surface area is 200 Å². The van der Waals surface area contributed by atoms with Crippen molar-refractivity contribution < 1.29 is 65.3 Å². The van der Waals surface area contributed by atoms with E-state index in [1.165, 1.54) is 0 Å². The molecular formula is C19H33N3O13. The Morgan fingerprint density at radius 3 is 2.57 bits per heavy atom. The highest BCUT2D eigenvalue weighted by Crippen LogP contribution is 2.36. The van der Waals surface area contributed by atoms with Gasteiger partial charge < -0.3 is 35.0 Å². The van der Waals surface area contributed by atoms with Crippen LogP contribution < -0.4 is 0 Å². The van der Waals surface area contributed by atoms with E-state index >= 15 is 0 Å². The van der Waals surface area contributed by atoms with E-state index in [0.29, 0.717) is 44.5 Å². The molecule has 1 aromatic rings. The van der Waals surface area contributed by atoms with E-state index in [0.717, 1.165) is 0 Å². The first-order valence-corrected chi connectivity index (χ1v) is 11.3. The molecule has 0 spiro atoms. The lowest BCUT2D eigenvalue weighted by molar-refractivity contribution is -0.753. The van der Waals surface area contributed by atoms with Gasteiger partial charge in [-0.15, -0.1) is 5.10 Å². The minimum Gasteiger partial charge on any atom is -0.394 e. The number of aliphatic hydroxyl groups is 5. The van der Waals surface area contributed by atoms with E-state index in [1.807, 2.05) is 0 Å². The summed E-state index contributed by atoms with van der Waals surface area (Å²) in [5.41, 5.74) is 0.624. The maximum Gasteiger partial charge on any atom is 0.111 e. The second-order valence-corrected chi connectivity index (χ2v) is 8.64. The summed E-state index contributed by atoms with van der Waals surface area (Å²) in [5.74, 6) is -0.150. The van der Waals surface area contributed by atoms with Gasteiger partial charge in [0.25, 0.3) is 0 Å². The fourth-order valence-electron chi connectivity index (χ4n) is 4.25. The lowest BCUT2D eigenvalue weighted by Crippen LogP contribution is -2.58. The molecule has 0 aromatic carbocycles. The topological polar surface area (TPSA) is 217 Å². The third kappa shape index (κ3) is 8.05. The van der Waals surface area contributed by atoms with Crippen molar-refractivity contribution in [3.05, 3.63) is 11.9 Å². The van der Waals surface area contributed by atoms with Gasteiger partial charge >= 0.3 is 0 Å². The largest absolute Gasteiger partial charge is 0.394 e. The highest BCUT2D eigenvalue weighted by molar-refractivity contribution is 4.94. The molecule has 6 N–H and O–H groups in total. The summed E-state index contributed by atoms with van der Waals surface area (Å²) in [7, 11) is 0. The summed E-state index contributed by atoms with van der Waals surface area (Å²) >= 11 is 0. The molecule has 3 rings (SSSR count). The van der Waals surface area contributed by atoms with Crippen LogP contribution in [0.4, 0.5) is 0 Å². The maximum absolute atomic E-state index is 10.0. The average Bonchev–Trinajstić information content (AvgIpc) is 3.31. The molecular weight excluding hydrogens is 478 g/mol. The van der Waals surface area contributed by atoms with Crippen LogP contribution in [-0.2, 0) is 47.7 Å². The smallest absolute Gasteiger partial charge is 0.111 e. The van der Waals surface area contributed by atoms with Gasteiger partial charge in [0.05, 0.1) is 38.2 Å². The SMILES string of the molecule is OCC1OC(CCCCOCc2cn(CC3C(O)CC3COOOOOO)nn2)C(O)C(O)C1O. The number of unbranched alkanes of at least 4 members (excludes halogenated alkanes) is 1. The van der Waals surface area contributed by atoms with Crippen molar-refractivity contribution in [1.82, 2.24) is 15.0 Å². The minimum atomic E-state index is -1.36. The van der Waals surface area contributed by atoms with Gasteiger partial charge in [-0.05, 0) is 51.8 Å². The first kappa shape index (κ1) is 28.2. The summed E-state index contributed by atoms with van der Waals surface area (Å²) < 4.78 is 12.7. The first-order chi connectivity index (χ1) is 16.9. The fraction of sp³-hybridized carbons (Fsp3) is 0.895. The van der Waals surface area contributed by atoms with Crippen LogP contribution in [-0.4, -0.2) is 102 Å². The molecule has 8 atom stereocenters. The molecule has 0 bridgehead atoms. The Hall–Kier alpha value is -1.38. The van der Waals surface area contributed by atoms with Gasteiger partial charge in [-0.1, -0.05) is 5.21 Å². The predicted molar refractivity (Wildman–Crippen MR) is 108 cm³/mol. The normalized spacial score (nSPS) is 33.1. The van der Waals surface area contributed by atoms with E-state index in [4.69, 9.17) is 19.6 Å². The van der Waals surface area contributed by atoms with Crippen molar-refractivity contribution in [2.24, 2.45) is 11.8 Å². The molecule has 2 aliphatic rings. The van der Waals surface area contributed by atoms with Crippen LogP contribution in [0.1, 0.15) is 31.4 Å². The van der Waals surface area contributed by atoms with E-state index in [2.05, 4.69) is 30.5 Å². The molecule has 35 heavy (non-hydrogen) atoms. The first-order valence-electron chi connectivity index (χ1n) is 11.3. The second-order valence-electron chi connectivity index (χ2n) is 8.64. The predicted octanol–water partition coefficient (Wildman–Crippen LogP) is -1.98. The zero-order chi connectivity index (χ0) is 25.2. The Balaban J connectivity index is 1.29. The van der Waals surface area contributed by atoms with E-state index in [-0.39, 0.29) is 25.0 Å². The van der Waals surface area contributed by atoms with Crippen LogP contribution >= 0.6 is 0 Å². The number of aliphatic hydroxyl groups excluding tert-OH is 5. The zero-order valence-electron chi connectivity index (χ0n) is 18.9. The molecule has 8 unspecified atom stereocenters. The molecule has 1 saturated carbocycles. The fourth-order valence-corrected chi connectivity index (χ4v) is 4.25. The van der Waals surface area contributed by atoms with Crippen molar-refractivity contribution in [2.75, 3.05) is 19.8 Å². The van der Waals surface area contributed by atoms with E-state index in [1.54, 1.807) is 10.9 Å². The molecule has 16 heteroatoms. The van der Waals surface area contributed by atoms with Crippen molar-refractivity contribution in [3.8, 4) is 0 Å². The van der Waals surface area contributed by atoms with Gasteiger partial charge in [0.1, 0.15) is 30.1 Å². The molecule has 0 amide bonds. The highest BCUT2D eigenvalue weighted by Gasteiger charge is 2.43. The Morgan fingerprint density at radius 2 is 1.83 bits per heavy atom. The Kier molecular flexibility index (Phi) is 11.6. The van der Waals surface area contributed by atoms with E-state index < -0.39 is 43.2 Å². The number of aromatic nitrogens is 3.